The molecule has 5 heteroatoms. The van der Waals surface area contributed by atoms with Gasteiger partial charge < -0.3 is 5.32 Å². The van der Waals surface area contributed by atoms with E-state index in [2.05, 4.69) is 10.0 Å². The second-order valence-electron chi connectivity index (χ2n) is 6.19. The van der Waals surface area contributed by atoms with Crippen LogP contribution in [0.25, 0.3) is 0 Å². The van der Waals surface area contributed by atoms with Gasteiger partial charge in [-0.25, -0.2) is 13.1 Å². The van der Waals surface area contributed by atoms with Crippen molar-refractivity contribution in [1.29, 1.82) is 0 Å². The number of hydrogen-bond donors (Lipinski definition) is 2. The second kappa shape index (κ2) is 6.46. The van der Waals surface area contributed by atoms with E-state index in [0.717, 1.165) is 43.4 Å². The molecule has 1 aromatic rings. The molecule has 1 saturated carbocycles. The van der Waals surface area contributed by atoms with Gasteiger partial charge >= 0.3 is 0 Å². The minimum atomic E-state index is -3.46. The summed E-state index contributed by atoms with van der Waals surface area (Å²) in [4.78, 5) is 0.408. The Morgan fingerprint density at radius 1 is 1.24 bits per heavy atom. The monoisotopic (exact) mass is 310 g/mol. The number of benzene rings is 1. The van der Waals surface area contributed by atoms with Gasteiger partial charge in [-0.1, -0.05) is 31.9 Å². The van der Waals surface area contributed by atoms with E-state index in [-0.39, 0.29) is 5.54 Å². The van der Waals surface area contributed by atoms with Crippen LogP contribution < -0.4 is 10.0 Å². The zero-order valence-corrected chi connectivity index (χ0v) is 14.0. The summed E-state index contributed by atoms with van der Waals surface area (Å²) in [5.74, 6) is 0. The number of rotatable bonds is 6. The molecule has 1 aromatic carbocycles. The Balaban J connectivity index is 2.27. The van der Waals surface area contributed by atoms with E-state index in [1.165, 1.54) is 0 Å². The Kier molecular flexibility index (Phi) is 5.07. The second-order valence-corrected chi connectivity index (χ2v) is 7.84. The lowest BCUT2D eigenvalue weighted by atomic mass is 10.0. The van der Waals surface area contributed by atoms with Crippen molar-refractivity contribution in [3.8, 4) is 0 Å². The van der Waals surface area contributed by atoms with Crippen molar-refractivity contribution in [2.45, 2.75) is 63.4 Å². The molecule has 0 atom stereocenters. The average Bonchev–Trinajstić information content (AvgIpc) is 2.82. The first-order valence-corrected chi connectivity index (χ1v) is 9.19. The Bertz CT molecular complexity index is 590. The number of sulfonamides is 1. The molecular weight excluding hydrogens is 284 g/mol. The van der Waals surface area contributed by atoms with Crippen LogP contribution in [0.4, 0.5) is 0 Å². The van der Waals surface area contributed by atoms with E-state index in [1.54, 1.807) is 6.07 Å². The molecule has 0 bridgehead atoms. The lowest BCUT2D eigenvalue weighted by Gasteiger charge is -2.25. The predicted molar refractivity (Wildman–Crippen MR) is 85.8 cm³/mol. The molecule has 1 aliphatic rings. The predicted octanol–water partition coefficient (Wildman–Crippen LogP) is 2.72. The van der Waals surface area contributed by atoms with Gasteiger partial charge in [0.2, 0.25) is 10.0 Å². The van der Waals surface area contributed by atoms with E-state index < -0.39 is 10.0 Å². The van der Waals surface area contributed by atoms with Gasteiger partial charge in [0, 0.05) is 12.1 Å². The smallest absolute Gasteiger partial charge is 0.241 e. The molecule has 0 unspecified atom stereocenters. The first-order chi connectivity index (χ1) is 9.88. The highest BCUT2D eigenvalue weighted by Gasteiger charge is 2.34. The molecule has 2 rings (SSSR count). The highest BCUT2D eigenvalue weighted by Crippen LogP contribution is 2.31. The molecule has 21 heavy (non-hydrogen) atoms. The maximum atomic E-state index is 12.7. The van der Waals surface area contributed by atoms with E-state index in [4.69, 9.17) is 0 Å². The molecule has 0 radical (unpaired) electrons. The largest absolute Gasteiger partial charge is 0.313 e. The minimum Gasteiger partial charge on any atom is -0.313 e. The standard InChI is InChI=1S/C16H26N2O2S/c1-4-17-12-14-8-7-9-15(13(14)2)21(19,20)18-16(3)10-5-6-11-16/h7-9,17-18H,4-6,10-12H2,1-3H3. The van der Waals surface area contributed by atoms with Gasteiger partial charge in [-0.05, 0) is 50.4 Å². The molecule has 2 N–H and O–H groups in total. The summed E-state index contributed by atoms with van der Waals surface area (Å²) >= 11 is 0. The summed E-state index contributed by atoms with van der Waals surface area (Å²) < 4.78 is 28.3. The van der Waals surface area contributed by atoms with E-state index in [0.29, 0.717) is 11.4 Å². The third-order valence-corrected chi connectivity index (χ3v) is 6.12. The molecule has 0 aliphatic heterocycles. The Labute approximate surface area is 128 Å². The van der Waals surface area contributed by atoms with Crippen LogP contribution in [0.15, 0.2) is 23.1 Å². The summed E-state index contributed by atoms with van der Waals surface area (Å²) in [7, 11) is -3.46. The van der Waals surface area contributed by atoms with Gasteiger partial charge in [-0.3, -0.25) is 0 Å². The van der Waals surface area contributed by atoms with Crippen molar-refractivity contribution in [1.82, 2.24) is 10.0 Å². The van der Waals surface area contributed by atoms with Crippen LogP contribution in [0.3, 0.4) is 0 Å². The minimum absolute atomic E-state index is 0.289. The Morgan fingerprint density at radius 3 is 2.52 bits per heavy atom. The van der Waals surface area contributed by atoms with Crippen molar-refractivity contribution in [2.75, 3.05) is 6.54 Å². The van der Waals surface area contributed by atoms with Crippen LogP contribution in [0, 0.1) is 6.92 Å². The van der Waals surface area contributed by atoms with Gasteiger partial charge in [0.15, 0.2) is 0 Å². The summed E-state index contributed by atoms with van der Waals surface area (Å²) in [5.41, 5.74) is 1.59. The topological polar surface area (TPSA) is 58.2 Å². The first-order valence-electron chi connectivity index (χ1n) is 7.71. The molecular formula is C16H26N2O2S. The van der Waals surface area contributed by atoms with Gasteiger partial charge in [0.05, 0.1) is 4.90 Å². The van der Waals surface area contributed by atoms with Gasteiger partial charge in [0.25, 0.3) is 0 Å². The summed E-state index contributed by atoms with van der Waals surface area (Å²) in [5, 5.41) is 3.25. The van der Waals surface area contributed by atoms with Crippen LogP contribution in [-0.4, -0.2) is 20.5 Å². The Hall–Kier alpha value is -0.910. The third kappa shape index (κ3) is 3.84. The molecule has 0 spiro atoms. The van der Waals surface area contributed by atoms with Crippen molar-refractivity contribution in [2.24, 2.45) is 0 Å². The zero-order chi connectivity index (χ0) is 15.5. The highest BCUT2D eigenvalue weighted by atomic mass is 32.2. The molecule has 1 fully saturated rings. The van der Waals surface area contributed by atoms with Gasteiger partial charge in [-0.2, -0.15) is 0 Å². The molecule has 0 aromatic heterocycles. The fraction of sp³-hybridized carbons (Fsp3) is 0.625. The van der Waals surface area contributed by atoms with Crippen molar-refractivity contribution < 1.29 is 8.42 Å². The average molecular weight is 310 g/mol. The van der Waals surface area contributed by atoms with Crippen molar-refractivity contribution in [3.05, 3.63) is 29.3 Å². The van der Waals surface area contributed by atoms with Crippen LogP contribution >= 0.6 is 0 Å². The van der Waals surface area contributed by atoms with Crippen molar-refractivity contribution >= 4 is 10.0 Å². The van der Waals surface area contributed by atoms with E-state index in [9.17, 15) is 8.42 Å². The summed E-state index contributed by atoms with van der Waals surface area (Å²) in [6.07, 6.45) is 4.03. The highest BCUT2D eigenvalue weighted by molar-refractivity contribution is 7.89. The number of hydrogen-bond acceptors (Lipinski definition) is 3. The molecule has 1 aliphatic carbocycles. The normalized spacial score (nSPS) is 18.0. The third-order valence-electron chi connectivity index (χ3n) is 4.34. The lowest BCUT2D eigenvalue weighted by Crippen LogP contribution is -2.43. The first kappa shape index (κ1) is 16.5. The molecule has 118 valence electrons. The molecule has 0 saturated heterocycles. The maximum absolute atomic E-state index is 12.7. The quantitative estimate of drug-likeness (QED) is 0.849. The Morgan fingerprint density at radius 2 is 1.90 bits per heavy atom. The number of nitrogens with one attached hydrogen (secondary N) is 2. The zero-order valence-electron chi connectivity index (χ0n) is 13.2. The van der Waals surface area contributed by atoms with Crippen LogP contribution in [0.1, 0.15) is 50.7 Å². The SMILES string of the molecule is CCNCc1cccc(S(=O)(=O)NC2(C)CCCC2)c1C. The van der Waals surface area contributed by atoms with Crippen LogP contribution in [0.5, 0.6) is 0 Å². The van der Waals surface area contributed by atoms with E-state index >= 15 is 0 Å². The summed E-state index contributed by atoms with van der Waals surface area (Å²) in [6.45, 7) is 7.50. The molecule has 0 heterocycles. The van der Waals surface area contributed by atoms with Crippen LogP contribution in [0.2, 0.25) is 0 Å². The van der Waals surface area contributed by atoms with Crippen molar-refractivity contribution in [3.63, 3.8) is 0 Å². The fourth-order valence-electron chi connectivity index (χ4n) is 3.04. The van der Waals surface area contributed by atoms with Crippen LogP contribution in [-0.2, 0) is 16.6 Å². The molecule has 0 amide bonds. The summed E-state index contributed by atoms with van der Waals surface area (Å²) in [6, 6.07) is 5.50. The maximum Gasteiger partial charge on any atom is 0.241 e. The lowest BCUT2D eigenvalue weighted by molar-refractivity contribution is 0.427. The fourth-order valence-corrected chi connectivity index (χ4v) is 4.79. The van der Waals surface area contributed by atoms with Gasteiger partial charge in [-0.15, -0.1) is 0 Å². The van der Waals surface area contributed by atoms with Gasteiger partial charge in [0.1, 0.15) is 0 Å². The molecule has 4 nitrogen and oxygen atoms in total. The van der Waals surface area contributed by atoms with E-state index in [1.807, 2.05) is 32.9 Å².